The molecule has 1 aromatic heterocycles. The minimum Gasteiger partial charge on any atom is -0.624 e. The molecule has 7 aromatic rings. The van der Waals surface area contributed by atoms with Gasteiger partial charge in [0.25, 0.3) is 0 Å². The van der Waals surface area contributed by atoms with Crippen LogP contribution in [0.15, 0.2) is 120 Å². The fraction of sp³-hybridized carbons (Fsp3) is 0.348. The van der Waals surface area contributed by atoms with Gasteiger partial charge >= 0.3 is 6.85 Å². The van der Waals surface area contributed by atoms with Crippen molar-refractivity contribution >= 4 is 35.9 Å². The van der Waals surface area contributed by atoms with Crippen LogP contribution < -0.4 is 21.2 Å². The van der Waals surface area contributed by atoms with E-state index in [1.54, 1.807) is 0 Å². The molecule has 72 heavy (non-hydrogen) atoms. The molecule has 6 heteroatoms. The Morgan fingerprint density at radius 2 is 0.958 bits per heavy atom. The van der Waals surface area contributed by atoms with E-state index in [1.807, 2.05) is 18.2 Å². The second-order valence-corrected chi connectivity index (χ2v) is 22.8. The third-order valence-corrected chi connectivity index (χ3v) is 16.6. The summed E-state index contributed by atoms with van der Waals surface area (Å²) in [6.07, 6.45) is 2.51. The normalized spacial score (nSPS) is 17.4. The van der Waals surface area contributed by atoms with E-state index < -0.39 is 5.54 Å². The van der Waals surface area contributed by atoms with Crippen LogP contribution in [0.3, 0.4) is 0 Å². The summed E-state index contributed by atoms with van der Waals surface area (Å²) < 4.78 is 5.31. The van der Waals surface area contributed by atoms with E-state index in [-0.39, 0.29) is 31.6 Å². The van der Waals surface area contributed by atoms with Crippen molar-refractivity contribution in [3.05, 3.63) is 198 Å². The first-order valence-corrected chi connectivity index (χ1v) is 26.6. The standard InChI is InChI=1S/C59H70B2N4.C7H8/c1-32(2)63-45(16)46(17)64(33(3)4)58(63)61-56-49(53-41(12)29-36(7)30-42(53)13)23-20-24-50(56)54-43(14)31-44(15)57-59(54,18)65(61)62-60(57)55-47(51-37(8)25-34(5)26-38(51)9)21-19-22-48(55)52-39(10)27-35(6)28-40(52)11;1-7-5-3-2-4-6-7/h19-33,57H,1-18H3;2-6H,1H3/t57-,59+;/m1./s1. The molecule has 0 unspecified atom stereocenters. The van der Waals surface area contributed by atoms with Gasteiger partial charge in [-0.25, -0.2) is 9.13 Å². The van der Waals surface area contributed by atoms with Gasteiger partial charge in [-0.15, -0.1) is 0 Å². The number of imidazole rings is 1. The highest BCUT2D eigenvalue weighted by Crippen LogP contribution is 2.60. The molecule has 1 aliphatic carbocycles. The molecule has 3 heterocycles. The van der Waals surface area contributed by atoms with Gasteiger partial charge < -0.3 is 10.3 Å². The van der Waals surface area contributed by atoms with Crippen LogP contribution in [0.2, 0.25) is 5.82 Å². The Kier molecular flexibility index (Phi) is 13.6. The maximum absolute atomic E-state index is 6.43. The maximum Gasteiger partial charge on any atom is 0.381 e. The number of aromatic nitrogens is 2. The van der Waals surface area contributed by atoms with E-state index in [0.717, 1.165) is 0 Å². The monoisotopic (exact) mass is 949 g/mol. The second kappa shape index (κ2) is 19.2. The molecule has 2 aliphatic heterocycles. The molecule has 0 radical (unpaired) electrons. The third kappa shape index (κ3) is 8.22. The Hall–Kier alpha value is -5.94. The molecule has 0 bridgehead atoms. The first-order valence-electron chi connectivity index (χ1n) is 26.6. The minimum atomic E-state index is -0.469. The average molecular weight is 949 g/mol. The van der Waals surface area contributed by atoms with Gasteiger partial charge in [0.05, 0.1) is 18.9 Å². The molecule has 2 atom stereocenters. The van der Waals surface area contributed by atoms with Gasteiger partial charge in [-0.2, -0.15) is 0 Å². The van der Waals surface area contributed by atoms with Gasteiger partial charge in [0.2, 0.25) is 5.72 Å². The number of aryl methyl sites for hydroxylation is 10. The lowest BCUT2D eigenvalue weighted by Gasteiger charge is -2.56. The van der Waals surface area contributed by atoms with Crippen molar-refractivity contribution in [1.29, 1.82) is 0 Å². The first-order chi connectivity index (χ1) is 34.1. The fourth-order valence-corrected chi connectivity index (χ4v) is 14.4. The Balaban J connectivity index is 0.000000843. The van der Waals surface area contributed by atoms with Crippen LogP contribution in [0.4, 0.5) is 0 Å². The fourth-order valence-electron chi connectivity index (χ4n) is 14.4. The van der Waals surface area contributed by atoms with Crippen LogP contribution in [0.25, 0.3) is 44.3 Å². The van der Waals surface area contributed by atoms with Gasteiger partial charge in [-0.1, -0.05) is 142 Å². The van der Waals surface area contributed by atoms with Gasteiger partial charge in [0.1, 0.15) is 11.4 Å². The van der Waals surface area contributed by atoms with Gasteiger partial charge in [-0.3, -0.25) is 0 Å². The number of hydrogen-bond donors (Lipinski definition) is 0. The van der Waals surface area contributed by atoms with Gasteiger partial charge in [0.15, 0.2) is 0 Å². The summed E-state index contributed by atoms with van der Waals surface area (Å²) in [7, 11) is 0. The lowest BCUT2D eigenvalue weighted by molar-refractivity contribution is -0.705. The molecule has 0 amide bonds. The molecule has 4 nitrogen and oxygen atoms in total. The molecular weight excluding hydrogens is 870 g/mol. The number of rotatable bonds is 7. The van der Waals surface area contributed by atoms with Gasteiger partial charge in [0, 0.05) is 19.4 Å². The maximum atomic E-state index is 6.43. The van der Waals surface area contributed by atoms with Crippen LogP contribution in [0.1, 0.15) is 133 Å². The van der Waals surface area contributed by atoms with Crippen molar-refractivity contribution in [2.45, 2.75) is 155 Å². The molecule has 0 N–H and O–H groups in total. The van der Waals surface area contributed by atoms with Crippen LogP contribution in [0.5, 0.6) is 0 Å². The predicted molar refractivity (Wildman–Crippen MR) is 312 cm³/mol. The molecule has 368 valence electrons. The highest BCUT2D eigenvalue weighted by atomic mass is 15.5. The quantitative estimate of drug-likeness (QED) is 0.115. The molecular formula is C66H78B2N4. The third-order valence-electron chi connectivity index (χ3n) is 16.6. The Bertz CT molecular complexity index is 3190. The Morgan fingerprint density at radius 3 is 1.36 bits per heavy atom. The molecule has 10 rings (SSSR count). The summed E-state index contributed by atoms with van der Waals surface area (Å²) in [6.45, 7) is 43.7. The first kappa shape index (κ1) is 51.0. The van der Waals surface area contributed by atoms with E-state index in [1.165, 1.54) is 139 Å². The number of benzene rings is 6. The SMILES string of the molecule is CC1=CC(C)=C2c3cccc(-c4c(C)cc(C)cc4C)c3B(c3n(C(C)C)c(C)c(C)[n+]3C(C)C)N3[N-]B(c4c(-c5c(C)cc(C)cc5C)cccc4-c4c(C)cc(C)cc4C)[C@H]1[C@]23C.Cc1ccccc1. The van der Waals surface area contributed by atoms with Crippen LogP contribution in [0, 0.1) is 83.1 Å². The molecule has 0 saturated carbocycles. The van der Waals surface area contributed by atoms with Crippen molar-refractivity contribution in [3.63, 3.8) is 0 Å². The summed E-state index contributed by atoms with van der Waals surface area (Å²) in [4.78, 5) is 2.67. The second-order valence-electron chi connectivity index (χ2n) is 22.8. The lowest BCUT2D eigenvalue weighted by atomic mass is 9.37. The zero-order valence-electron chi connectivity index (χ0n) is 47.1. The number of hydrogen-bond acceptors (Lipinski definition) is 1. The van der Waals surface area contributed by atoms with E-state index >= 15 is 0 Å². The Morgan fingerprint density at radius 1 is 0.528 bits per heavy atom. The lowest BCUT2D eigenvalue weighted by Crippen LogP contribution is -2.74. The summed E-state index contributed by atoms with van der Waals surface area (Å²) >= 11 is 0. The predicted octanol–water partition coefficient (Wildman–Crippen LogP) is 14.8. The van der Waals surface area contributed by atoms with E-state index in [2.05, 4.69) is 237 Å². The van der Waals surface area contributed by atoms with E-state index in [0.29, 0.717) is 0 Å². The molecule has 1 saturated heterocycles. The van der Waals surface area contributed by atoms with Crippen molar-refractivity contribution in [1.82, 2.24) is 9.49 Å². The zero-order chi connectivity index (χ0) is 52.0. The summed E-state index contributed by atoms with van der Waals surface area (Å²) in [6, 6.07) is 39.2. The molecule has 1 fully saturated rings. The van der Waals surface area contributed by atoms with Crippen LogP contribution >= 0.6 is 0 Å². The minimum absolute atomic E-state index is 0.0672. The molecule has 0 spiro atoms. The number of fused-ring (bicyclic) bond motifs is 2. The highest BCUT2D eigenvalue weighted by Gasteiger charge is 2.60. The summed E-state index contributed by atoms with van der Waals surface area (Å²) in [5, 5.41) is 6.43. The van der Waals surface area contributed by atoms with E-state index in [4.69, 9.17) is 5.34 Å². The number of allylic oxidation sites excluding steroid dienone is 2. The largest absolute Gasteiger partial charge is 0.624 e. The summed E-state index contributed by atoms with van der Waals surface area (Å²) in [5.74, 6) is 0.0672. The van der Waals surface area contributed by atoms with Crippen molar-refractivity contribution in [2.75, 3.05) is 0 Å². The summed E-state index contributed by atoms with van der Waals surface area (Å²) in [5.41, 5.74) is 32.7. The van der Waals surface area contributed by atoms with E-state index in [9.17, 15) is 0 Å². The molecule has 3 aliphatic rings. The topological polar surface area (TPSA) is 26.1 Å². The van der Waals surface area contributed by atoms with Crippen molar-refractivity contribution in [2.24, 2.45) is 0 Å². The van der Waals surface area contributed by atoms with Crippen LogP contribution in [-0.4, -0.2) is 28.7 Å². The highest BCUT2D eigenvalue weighted by molar-refractivity contribution is 6.90. The average Bonchev–Trinajstić information content (AvgIpc) is 3.74. The van der Waals surface area contributed by atoms with Gasteiger partial charge in [-0.05, 0) is 212 Å². The smallest absolute Gasteiger partial charge is 0.381 e. The van der Waals surface area contributed by atoms with Crippen LogP contribution in [-0.2, 0) is 0 Å². The van der Waals surface area contributed by atoms with Crippen molar-refractivity contribution in [3.8, 4) is 33.4 Å². The number of nitrogens with zero attached hydrogens (tertiary/aromatic N) is 4. The van der Waals surface area contributed by atoms with Crippen molar-refractivity contribution < 1.29 is 4.57 Å². The Labute approximate surface area is 434 Å². The zero-order valence-corrected chi connectivity index (χ0v) is 47.1. The molecule has 6 aromatic carbocycles.